The number of nitrogens with two attached hydrogens (primary N) is 1. The van der Waals surface area contributed by atoms with Gasteiger partial charge in [-0.2, -0.15) is 0 Å². The number of amides is 4. The van der Waals surface area contributed by atoms with Gasteiger partial charge in [0.2, 0.25) is 11.8 Å². The molecule has 5 rings (SSSR count). The van der Waals surface area contributed by atoms with Crippen LogP contribution in [0.5, 0.6) is 0 Å². The topological polar surface area (TPSA) is 113 Å². The second-order valence-corrected chi connectivity index (χ2v) is 9.42. The maximum Gasteiger partial charge on any atom is 0.262 e. The van der Waals surface area contributed by atoms with E-state index in [-0.39, 0.29) is 30.2 Å². The van der Waals surface area contributed by atoms with Crippen LogP contribution < -0.4 is 11.1 Å². The van der Waals surface area contributed by atoms with Gasteiger partial charge < -0.3 is 5.73 Å². The van der Waals surface area contributed by atoms with Crippen molar-refractivity contribution in [2.24, 2.45) is 11.1 Å². The maximum atomic E-state index is 13.2. The first kappa shape index (κ1) is 20.3. The van der Waals surface area contributed by atoms with Crippen LogP contribution in [0.3, 0.4) is 0 Å². The maximum absolute atomic E-state index is 13.2. The Morgan fingerprint density at radius 1 is 1.03 bits per heavy atom. The lowest BCUT2D eigenvalue weighted by Gasteiger charge is -2.42. The first-order chi connectivity index (χ1) is 14.9. The van der Waals surface area contributed by atoms with Crippen molar-refractivity contribution < 1.29 is 19.2 Å². The fourth-order valence-corrected chi connectivity index (χ4v) is 5.90. The Morgan fingerprint density at radius 3 is 2.48 bits per heavy atom. The molecule has 3 fully saturated rings. The third-order valence-corrected chi connectivity index (χ3v) is 7.78. The third kappa shape index (κ3) is 3.29. The molecule has 4 amide bonds. The summed E-state index contributed by atoms with van der Waals surface area (Å²) in [7, 11) is 0. The zero-order valence-electron chi connectivity index (χ0n) is 17.6. The Kier molecular flexibility index (Phi) is 4.94. The minimum absolute atomic E-state index is 0.119. The molecule has 0 radical (unpaired) electrons. The first-order valence-electron chi connectivity index (χ1n) is 11.2. The number of hydrogen-bond donors (Lipinski definition) is 2. The second kappa shape index (κ2) is 7.53. The monoisotopic (exact) mass is 424 g/mol. The molecule has 0 bridgehead atoms. The molecule has 8 heteroatoms. The van der Waals surface area contributed by atoms with Crippen LogP contribution in [0, 0.1) is 5.41 Å². The van der Waals surface area contributed by atoms with E-state index in [1.165, 1.54) is 12.8 Å². The quantitative estimate of drug-likeness (QED) is 0.705. The number of fused-ring (bicyclic) bond motifs is 1. The number of imide groups is 2. The van der Waals surface area contributed by atoms with Crippen LogP contribution in [0.2, 0.25) is 0 Å². The van der Waals surface area contributed by atoms with Crippen molar-refractivity contribution in [3.63, 3.8) is 0 Å². The van der Waals surface area contributed by atoms with Gasteiger partial charge in [-0.15, -0.1) is 0 Å². The molecule has 8 nitrogen and oxygen atoms in total. The van der Waals surface area contributed by atoms with Crippen LogP contribution in [0.25, 0.3) is 0 Å². The number of hydrogen-bond acceptors (Lipinski definition) is 6. The molecule has 3 N–H and O–H groups in total. The highest BCUT2D eigenvalue weighted by Gasteiger charge is 2.46. The molecular weight excluding hydrogens is 396 g/mol. The molecule has 2 atom stereocenters. The molecule has 1 aliphatic carbocycles. The first-order valence-corrected chi connectivity index (χ1v) is 11.2. The zero-order valence-corrected chi connectivity index (χ0v) is 17.6. The molecule has 1 aromatic carbocycles. The average Bonchev–Trinajstić information content (AvgIpc) is 3.22. The molecule has 1 saturated carbocycles. The molecule has 4 aliphatic rings. The fraction of sp³-hybridized carbons (Fsp3) is 0.565. The van der Waals surface area contributed by atoms with Gasteiger partial charge >= 0.3 is 0 Å². The standard InChI is InChI=1S/C23H28N4O4/c24-17-5-2-8-23(17)9-11-26(12-10-23)13-14-3-1-4-15-19(14)22(31)27(21(15)30)16-6-7-18(28)25-20(16)29/h1,3-4,16-17H,2,5-13,24H2,(H,25,28,29). The normalized spacial score (nSPS) is 28.4. The van der Waals surface area contributed by atoms with Crippen molar-refractivity contribution in [1.82, 2.24) is 15.1 Å². The average molecular weight is 425 g/mol. The summed E-state index contributed by atoms with van der Waals surface area (Å²) in [6, 6.07) is 4.69. The van der Waals surface area contributed by atoms with Crippen LogP contribution in [0.4, 0.5) is 0 Å². The van der Waals surface area contributed by atoms with Gasteiger partial charge in [0, 0.05) is 19.0 Å². The van der Waals surface area contributed by atoms with E-state index in [2.05, 4.69) is 10.2 Å². The van der Waals surface area contributed by atoms with Crippen LogP contribution in [0.15, 0.2) is 18.2 Å². The molecule has 31 heavy (non-hydrogen) atoms. The smallest absolute Gasteiger partial charge is 0.262 e. The SMILES string of the molecule is NC1CCCC12CCN(Cc1cccc3c1C(=O)N(C1CCC(=O)NC1=O)C3=O)CC2. The second-order valence-electron chi connectivity index (χ2n) is 9.42. The van der Waals surface area contributed by atoms with Gasteiger partial charge in [0.25, 0.3) is 11.8 Å². The van der Waals surface area contributed by atoms with Crippen molar-refractivity contribution in [3.05, 3.63) is 34.9 Å². The lowest BCUT2D eigenvalue weighted by molar-refractivity contribution is -0.136. The molecule has 0 aromatic heterocycles. The lowest BCUT2D eigenvalue weighted by Crippen LogP contribution is -2.54. The van der Waals surface area contributed by atoms with Crippen molar-refractivity contribution >= 4 is 23.6 Å². The summed E-state index contributed by atoms with van der Waals surface area (Å²) >= 11 is 0. The van der Waals surface area contributed by atoms with Gasteiger partial charge in [-0.3, -0.25) is 34.3 Å². The van der Waals surface area contributed by atoms with Crippen molar-refractivity contribution in [2.45, 2.75) is 63.6 Å². The van der Waals surface area contributed by atoms with E-state index in [4.69, 9.17) is 5.73 Å². The Hall–Kier alpha value is -2.58. The highest BCUT2D eigenvalue weighted by atomic mass is 16.2. The Morgan fingerprint density at radius 2 is 1.81 bits per heavy atom. The molecule has 3 aliphatic heterocycles. The molecule has 164 valence electrons. The fourth-order valence-electron chi connectivity index (χ4n) is 5.90. The number of rotatable bonds is 3. The minimum Gasteiger partial charge on any atom is -0.327 e. The molecular formula is C23H28N4O4. The van der Waals surface area contributed by atoms with Crippen LogP contribution in [-0.4, -0.2) is 58.6 Å². The zero-order chi connectivity index (χ0) is 21.8. The number of piperidine rings is 2. The Bertz CT molecular complexity index is 966. The van der Waals surface area contributed by atoms with Crippen LogP contribution in [-0.2, 0) is 16.1 Å². The number of carbonyl (C=O) groups excluding carboxylic acids is 4. The van der Waals surface area contributed by atoms with E-state index in [0.717, 1.165) is 42.8 Å². The summed E-state index contributed by atoms with van der Waals surface area (Å²) in [5, 5.41) is 2.24. The van der Waals surface area contributed by atoms with E-state index in [9.17, 15) is 19.2 Å². The largest absolute Gasteiger partial charge is 0.327 e. The summed E-state index contributed by atoms with van der Waals surface area (Å²) in [6.07, 6.45) is 5.95. The highest BCUT2D eigenvalue weighted by molar-refractivity contribution is 6.24. The van der Waals surface area contributed by atoms with Crippen molar-refractivity contribution in [3.8, 4) is 0 Å². The van der Waals surface area contributed by atoms with E-state index >= 15 is 0 Å². The van der Waals surface area contributed by atoms with E-state index in [1.807, 2.05) is 6.07 Å². The summed E-state index contributed by atoms with van der Waals surface area (Å²) < 4.78 is 0. The van der Waals surface area contributed by atoms with E-state index < -0.39 is 23.8 Å². The number of benzene rings is 1. The molecule has 1 aromatic rings. The third-order valence-electron chi connectivity index (χ3n) is 7.78. The summed E-state index contributed by atoms with van der Waals surface area (Å²) in [5.41, 5.74) is 8.22. The van der Waals surface area contributed by atoms with Crippen molar-refractivity contribution in [1.29, 1.82) is 0 Å². The number of nitrogens with zero attached hydrogens (tertiary/aromatic N) is 2. The Labute approximate surface area is 181 Å². The predicted molar refractivity (Wildman–Crippen MR) is 112 cm³/mol. The van der Waals surface area contributed by atoms with Crippen molar-refractivity contribution in [2.75, 3.05) is 13.1 Å². The number of likely N-dealkylation sites (tertiary alicyclic amines) is 1. The molecule has 3 heterocycles. The van der Waals surface area contributed by atoms with Gasteiger partial charge in [0.1, 0.15) is 6.04 Å². The van der Waals surface area contributed by atoms with Gasteiger partial charge in [0.15, 0.2) is 0 Å². The van der Waals surface area contributed by atoms with Gasteiger partial charge in [-0.05, 0) is 62.2 Å². The summed E-state index contributed by atoms with van der Waals surface area (Å²) in [4.78, 5) is 53.4. The summed E-state index contributed by atoms with van der Waals surface area (Å²) in [6.45, 7) is 2.45. The summed E-state index contributed by atoms with van der Waals surface area (Å²) in [5.74, 6) is -1.84. The van der Waals surface area contributed by atoms with Crippen LogP contribution in [0.1, 0.15) is 71.2 Å². The minimum atomic E-state index is -0.934. The lowest BCUT2D eigenvalue weighted by atomic mass is 9.74. The predicted octanol–water partition coefficient (Wildman–Crippen LogP) is 1.18. The molecule has 2 unspecified atom stereocenters. The number of nitrogens with one attached hydrogen (secondary N) is 1. The van der Waals surface area contributed by atoms with Gasteiger partial charge in [-0.1, -0.05) is 18.6 Å². The highest BCUT2D eigenvalue weighted by Crippen LogP contribution is 2.45. The van der Waals surface area contributed by atoms with Gasteiger partial charge in [0.05, 0.1) is 11.1 Å². The molecule has 1 spiro atoms. The Balaban J connectivity index is 1.34. The van der Waals surface area contributed by atoms with Crippen LogP contribution >= 0.6 is 0 Å². The molecule has 2 saturated heterocycles. The van der Waals surface area contributed by atoms with E-state index in [0.29, 0.717) is 17.7 Å². The van der Waals surface area contributed by atoms with Gasteiger partial charge in [-0.25, -0.2) is 0 Å². The number of carbonyl (C=O) groups is 4. The van der Waals surface area contributed by atoms with E-state index in [1.54, 1.807) is 12.1 Å².